The first-order valence-corrected chi connectivity index (χ1v) is 31.1. The normalized spacial score (nSPS) is 49.5. The molecule has 0 aliphatic carbocycles. The van der Waals surface area contributed by atoms with Crippen molar-refractivity contribution in [2.24, 2.45) is 0 Å². The van der Waals surface area contributed by atoms with Gasteiger partial charge in [0.25, 0.3) is 0 Å². The zero-order valence-electron chi connectivity index (χ0n) is 52.4. The summed E-state index contributed by atoms with van der Waals surface area (Å²) in [5, 5.41) is 257. The fraction of sp³-hybridized carbons (Fsp3) is 0.944. The Morgan fingerprint density at radius 1 is 0.265 bits per heavy atom. The van der Waals surface area contributed by atoms with Gasteiger partial charge >= 0.3 is 0 Å². The van der Waals surface area contributed by atoms with Gasteiger partial charge in [0.2, 0.25) is 17.7 Å². The number of rotatable bonds is 25. The Balaban J connectivity index is 1.09. The average Bonchev–Trinajstić information content (AvgIpc) is 0.769. The minimum absolute atomic E-state index is 0.874. The van der Waals surface area contributed by atoms with Crippen LogP contribution in [0.15, 0.2) is 0 Å². The Kier molecular flexibility index (Phi) is 28.9. The first-order chi connectivity index (χ1) is 46.4. The van der Waals surface area contributed by atoms with Crippen molar-refractivity contribution in [1.29, 1.82) is 0 Å². The van der Waals surface area contributed by atoms with Crippen LogP contribution in [-0.4, -0.2) is 433 Å². The molecule has 8 fully saturated rings. The molecule has 8 saturated heterocycles. The van der Waals surface area contributed by atoms with E-state index in [9.17, 15) is 132 Å². The van der Waals surface area contributed by atoms with Crippen molar-refractivity contribution in [1.82, 2.24) is 16.0 Å². The van der Waals surface area contributed by atoms with Crippen LogP contribution in [0.3, 0.4) is 0 Å². The molecule has 0 bridgehead atoms. The third-order valence-electron chi connectivity index (χ3n) is 17.8. The van der Waals surface area contributed by atoms with E-state index in [1.54, 1.807) is 0 Å². The molecule has 0 aromatic heterocycles. The second-order valence-electron chi connectivity index (χ2n) is 24.6. The lowest BCUT2D eigenvalue weighted by atomic mass is 9.93. The summed E-state index contributed by atoms with van der Waals surface area (Å²) in [7, 11) is 0. The molecule has 0 spiro atoms. The van der Waals surface area contributed by atoms with Crippen LogP contribution in [0.2, 0.25) is 0 Å². The third kappa shape index (κ3) is 17.5. The zero-order valence-corrected chi connectivity index (χ0v) is 52.4. The third-order valence-corrected chi connectivity index (χ3v) is 17.8. The van der Waals surface area contributed by atoms with Crippen molar-refractivity contribution in [2.75, 3.05) is 52.9 Å². The predicted molar refractivity (Wildman–Crippen MR) is 299 cm³/mol. The van der Waals surface area contributed by atoms with Crippen molar-refractivity contribution >= 4 is 17.7 Å². The van der Waals surface area contributed by atoms with Crippen LogP contribution in [0, 0.1) is 0 Å². The van der Waals surface area contributed by atoms with Gasteiger partial charge in [0, 0.05) is 20.8 Å². The maximum Gasteiger partial charge on any atom is 0.217 e. The highest BCUT2D eigenvalue weighted by Crippen LogP contribution is 2.39. The van der Waals surface area contributed by atoms with E-state index in [4.69, 9.17) is 71.1 Å². The standard InChI is InChI=1S/C54H91N3O41/c1-12(65)55-23-30(72)41(93-51-37(79)33(75)26(68)15(4-58)86-51)19(8-62)89-48(23)84-11-22-29(71)46(98-50-24(56-13(2)66)31(73)42(20(9-63)90-50)94-52-38(80)34(76)27(69)16(5-59)87-52)40(82)54(92-22)95-43-21(10-64)91-49(25(32(43)74)57-14(3)67)97-45-28(70)17(6-60)88-53(39(45)81)96-44-18(7-61)85-47(83)36(78)35(44)77/h15-54,58-64,68-83H,4-11H2,1-3H3,(H,55,65)(H,56,66)(H,57,67)/t15-,16-,17-,18-,19-,20-,21-,22-,23-,24-,25-,26+,27+,28+,29+,30-,31-,32-,33+,34+,35-,36-,37-,38-,39-,40-,41-,42-,43-,44-,45+,46+,47+,48-,49+,50+,51+,52+,53+,54+/m1/s1. The van der Waals surface area contributed by atoms with Crippen LogP contribution in [-0.2, 0) is 85.4 Å². The van der Waals surface area contributed by atoms with Crippen molar-refractivity contribution < 1.29 is 203 Å². The van der Waals surface area contributed by atoms with Crippen molar-refractivity contribution in [3.63, 3.8) is 0 Å². The molecule has 44 nitrogen and oxygen atoms in total. The van der Waals surface area contributed by atoms with Crippen molar-refractivity contribution in [3.05, 3.63) is 0 Å². The van der Waals surface area contributed by atoms with Crippen LogP contribution in [0.1, 0.15) is 20.8 Å². The van der Waals surface area contributed by atoms with E-state index in [0.29, 0.717) is 0 Å². The lowest BCUT2D eigenvalue weighted by Crippen LogP contribution is -2.71. The van der Waals surface area contributed by atoms with Gasteiger partial charge in [-0.3, -0.25) is 14.4 Å². The number of amides is 3. The first kappa shape index (κ1) is 80.6. The molecule has 8 aliphatic heterocycles. The molecule has 8 heterocycles. The van der Waals surface area contributed by atoms with E-state index in [-0.39, 0.29) is 0 Å². The Labute approximate surface area is 554 Å². The number of aliphatic hydroxyl groups is 23. The molecule has 0 saturated carbocycles. The molecule has 0 aromatic rings. The van der Waals surface area contributed by atoms with Crippen molar-refractivity contribution in [3.8, 4) is 0 Å². The summed E-state index contributed by atoms with van der Waals surface area (Å²) in [6.45, 7) is -5.39. The minimum atomic E-state index is -2.45. The van der Waals surface area contributed by atoms with Crippen molar-refractivity contribution in [2.45, 2.75) is 266 Å². The summed E-state index contributed by atoms with van der Waals surface area (Å²) in [6.07, 6.45) is -73.9. The molecule has 44 heteroatoms. The van der Waals surface area contributed by atoms with Crippen LogP contribution in [0.4, 0.5) is 0 Å². The van der Waals surface area contributed by atoms with Gasteiger partial charge in [0.05, 0.1) is 52.9 Å². The van der Waals surface area contributed by atoms with E-state index in [1.165, 1.54) is 0 Å². The Morgan fingerprint density at radius 2 is 0.531 bits per heavy atom. The molecule has 26 N–H and O–H groups in total. The highest BCUT2D eigenvalue weighted by molar-refractivity contribution is 5.74. The molecule has 98 heavy (non-hydrogen) atoms. The molecule has 8 rings (SSSR count). The quantitative estimate of drug-likeness (QED) is 0.0404. The summed E-state index contributed by atoms with van der Waals surface area (Å²) in [6, 6.07) is -5.64. The van der Waals surface area contributed by atoms with Gasteiger partial charge in [-0.25, -0.2) is 0 Å². The highest BCUT2D eigenvalue weighted by atomic mass is 16.8. The second kappa shape index (κ2) is 35.1. The predicted octanol–water partition coefficient (Wildman–Crippen LogP) is -18.0. The summed E-state index contributed by atoms with van der Waals surface area (Å²) in [5.41, 5.74) is 0. The van der Waals surface area contributed by atoms with Gasteiger partial charge in [0.1, 0.15) is 195 Å². The van der Waals surface area contributed by atoms with Gasteiger partial charge in [-0.1, -0.05) is 0 Å². The molecule has 40 atom stereocenters. The van der Waals surface area contributed by atoms with E-state index in [2.05, 4.69) is 16.0 Å². The number of aliphatic hydroxyl groups excluding tert-OH is 23. The van der Waals surface area contributed by atoms with Gasteiger partial charge in [-0.05, 0) is 0 Å². The van der Waals surface area contributed by atoms with Gasteiger partial charge < -0.3 is 204 Å². The Hall–Kier alpha value is -3.11. The molecular formula is C54H91N3O41. The smallest absolute Gasteiger partial charge is 0.217 e. The molecule has 0 unspecified atom stereocenters. The number of carbonyl (C=O) groups is 3. The van der Waals surface area contributed by atoms with Crippen LogP contribution in [0.5, 0.6) is 0 Å². The molecule has 568 valence electrons. The van der Waals surface area contributed by atoms with Gasteiger partial charge in [-0.15, -0.1) is 0 Å². The monoisotopic (exact) mass is 1440 g/mol. The van der Waals surface area contributed by atoms with E-state index in [0.717, 1.165) is 20.8 Å². The summed E-state index contributed by atoms with van der Waals surface area (Å²) >= 11 is 0. The SMILES string of the molecule is CC(=O)N[C@H]1[C@H](OC[C@H]2O[C@@H](O[C@H]3[C@H](O)[C@@H](NC(C)=O)[C@H](O[C@H]4[C@@H](O)[C@@H](CO)O[C@@H](O[C@H]5[C@H](O)[C@@H](O)[C@@H](O)O[C@@H]5CO)[C@@H]4O)O[C@@H]3CO)[C@H](O)[C@@H](O[C@@H]3O[C@H](CO)[C@@H](O[C@@H]4O[C@H](CO)[C@H](O)[C@H](O)[C@H]4O)[C@H](O)[C@H]3NC(C)=O)[C@H]2O)O[C@H](CO)[C@@H](O[C@@H]2O[C@H](CO)[C@H](O)[C@H](O)[C@H]2O)[C@@H]1O. The van der Waals surface area contributed by atoms with Gasteiger partial charge in [0.15, 0.2) is 50.3 Å². The maximum absolute atomic E-state index is 13.0. The largest absolute Gasteiger partial charge is 0.394 e. The summed E-state index contributed by atoms with van der Waals surface area (Å²) in [4.78, 5) is 38.6. The van der Waals surface area contributed by atoms with E-state index < -0.39 is 316 Å². The van der Waals surface area contributed by atoms with E-state index >= 15 is 0 Å². The number of hydrogen-bond acceptors (Lipinski definition) is 41. The number of nitrogens with one attached hydrogen (secondary N) is 3. The van der Waals surface area contributed by atoms with Crippen LogP contribution >= 0.6 is 0 Å². The topological polar surface area (TPSA) is 691 Å². The Bertz CT molecular complexity index is 2510. The number of carbonyl (C=O) groups excluding carboxylic acids is 3. The van der Waals surface area contributed by atoms with Crippen LogP contribution < -0.4 is 16.0 Å². The fourth-order valence-electron chi connectivity index (χ4n) is 12.6. The summed E-state index contributed by atoms with van der Waals surface area (Å²) < 4.78 is 87.1. The lowest BCUT2D eigenvalue weighted by molar-refractivity contribution is -0.389. The van der Waals surface area contributed by atoms with Crippen LogP contribution in [0.25, 0.3) is 0 Å². The van der Waals surface area contributed by atoms with Gasteiger partial charge in [-0.2, -0.15) is 0 Å². The molecule has 8 aliphatic rings. The zero-order chi connectivity index (χ0) is 72.2. The molecule has 3 amide bonds. The first-order valence-electron chi connectivity index (χ1n) is 31.1. The molecule has 0 aromatic carbocycles. The highest BCUT2D eigenvalue weighted by Gasteiger charge is 2.60. The van der Waals surface area contributed by atoms with E-state index in [1.807, 2.05) is 0 Å². The number of hydrogen-bond donors (Lipinski definition) is 26. The fourth-order valence-corrected chi connectivity index (χ4v) is 12.6. The molecule has 0 radical (unpaired) electrons. The minimum Gasteiger partial charge on any atom is -0.394 e. The average molecular weight is 1440 g/mol. The lowest BCUT2D eigenvalue weighted by Gasteiger charge is -2.51. The molecular weight excluding hydrogens is 1350 g/mol. The number of ether oxygens (including phenoxy) is 15. The Morgan fingerprint density at radius 3 is 0.878 bits per heavy atom. The maximum atomic E-state index is 13.0. The second-order valence-corrected chi connectivity index (χ2v) is 24.6. The summed E-state index contributed by atoms with van der Waals surface area (Å²) in [5.74, 6) is -2.76.